The molecule has 0 aromatic carbocycles. The molecule has 696 valence electrons. The van der Waals surface area contributed by atoms with Gasteiger partial charge in [0.15, 0.2) is 0 Å². The summed E-state index contributed by atoms with van der Waals surface area (Å²) in [4.78, 5) is 0. The van der Waals surface area contributed by atoms with Crippen LogP contribution in [0.1, 0.15) is 508 Å². The molecule has 12 unspecified atom stereocenters. The van der Waals surface area contributed by atoms with Gasteiger partial charge in [-0.2, -0.15) is 0 Å². The first kappa shape index (κ1) is 94.2. The van der Waals surface area contributed by atoms with Crippen LogP contribution in [0, 0.1) is 253 Å². The predicted molar refractivity (Wildman–Crippen MR) is 524 cm³/mol. The molecule has 0 heteroatoms. The van der Waals surface area contributed by atoms with Gasteiger partial charge in [-0.05, 0) is 523 Å². The third-order valence-electron chi connectivity index (χ3n) is 51.9. The highest BCUT2D eigenvalue weighted by atomic mass is 14.7. The molecule has 30 bridgehead atoms. The summed E-state index contributed by atoms with van der Waals surface area (Å²) < 4.78 is 0. The fourth-order valence-electron chi connectivity index (χ4n) is 41.2. The quantitative estimate of drug-likeness (QED) is 0.238. The van der Waals surface area contributed by atoms with Crippen molar-refractivity contribution in [1.29, 1.82) is 0 Å². The van der Waals surface area contributed by atoms with Crippen molar-refractivity contribution in [3.63, 3.8) is 0 Å². The second-order valence-corrected chi connectivity index (χ2v) is 59.9. The molecule has 0 aromatic rings. The summed E-state index contributed by atoms with van der Waals surface area (Å²) in [5.74, 6) is 32.7. The highest BCUT2D eigenvalue weighted by molar-refractivity contribution is 5.15. The standard InChI is InChI=1S/2C15H26.C14H24.C13H22.C12H20.C12H22.C11H20.2C10H18.C9H16/c1-14(2,3)15(4)12-6-10-5-11(8-12)9-13(15)7-10;1-3-4-5-15(2)13-7-11-6-12(9-13)10-14(15)8-11;1-9(2)14(3)12-5-10-4-11(7-12)8-13(14)6-10;1-3-13(2)11-5-9-4-10(7-11)8-12(13)6-9;1-12(2)10-4-8-3-9(6-10)7-11(12)5-8;1-10(2)9-6-7-12(5,8-9)11(10,3)4;1-8(2)11(3)7-9-4-5-10(11)6-9;1-9(2)6-8-4-5-10(9,3)7-8;1-3-10(2)7-8-4-5-9(10)6-8;1-9(2)6-7-3-4-8(9)5-7/h10-13H,5-9H2,1-4H3;11-14H,3-10H2,1-2H3;9-13H,4-8H2,1-3H3;9-12H,3-8H2,1-2H3;8-11H,3-7H2,1-2H3;9H,6-8H2,1-5H3;8-10H,4-7H2,1-3H3;8H,4-7H2,1-3H3;8-9H,3-7H2,1-2H3;7-8H,3-6H2,1-2H3. The second kappa shape index (κ2) is 34.2. The Hall–Kier alpha value is 0. The Morgan fingerprint density at radius 2 is 0.653 bits per heavy atom. The third kappa shape index (κ3) is 17.2. The van der Waals surface area contributed by atoms with Gasteiger partial charge in [0.2, 0.25) is 0 Å². The fraction of sp³-hybridized carbons (Fsp3) is 1.00. The fourth-order valence-corrected chi connectivity index (χ4v) is 41.2. The van der Waals surface area contributed by atoms with E-state index >= 15 is 0 Å². The average Bonchev–Trinajstić information content (AvgIpc) is 1.57. The lowest BCUT2D eigenvalue weighted by atomic mass is 9.40. The van der Waals surface area contributed by atoms with Crippen molar-refractivity contribution in [2.24, 2.45) is 253 Å². The van der Waals surface area contributed by atoms with E-state index in [9.17, 15) is 0 Å². The molecule has 121 heavy (non-hydrogen) atoms. The van der Waals surface area contributed by atoms with E-state index in [2.05, 4.69) is 194 Å². The number of hydrogen-bond donors (Lipinski definition) is 0. The number of fused-ring (bicyclic) bond motifs is 10. The molecule has 30 aliphatic carbocycles. The Morgan fingerprint density at radius 3 is 0.893 bits per heavy atom. The molecule has 0 saturated heterocycles. The zero-order valence-electron chi connectivity index (χ0n) is 87.0. The Kier molecular flexibility index (Phi) is 26.6. The van der Waals surface area contributed by atoms with Gasteiger partial charge in [-0.1, -0.05) is 239 Å². The van der Waals surface area contributed by atoms with Crippen LogP contribution in [0.15, 0.2) is 0 Å². The predicted octanol–water partition coefficient (Wildman–Crippen LogP) is 37.2. The van der Waals surface area contributed by atoms with Crippen LogP contribution in [0.4, 0.5) is 0 Å². The van der Waals surface area contributed by atoms with Crippen LogP contribution in [0.3, 0.4) is 0 Å². The molecule has 12 atom stereocenters. The van der Waals surface area contributed by atoms with Crippen molar-refractivity contribution < 1.29 is 0 Å². The van der Waals surface area contributed by atoms with Gasteiger partial charge in [0.05, 0.1) is 0 Å². The number of hydrogen-bond acceptors (Lipinski definition) is 0. The molecule has 0 heterocycles. The van der Waals surface area contributed by atoms with Crippen LogP contribution >= 0.6 is 0 Å². The van der Waals surface area contributed by atoms with E-state index in [1.54, 1.807) is 186 Å². The largest absolute Gasteiger partial charge is 0.0654 e. The van der Waals surface area contributed by atoms with Crippen LogP contribution in [0.5, 0.6) is 0 Å². The minimum absolute atomic E-state index is 0.510. The van der Waals surface area contributed by atoms with Crippen LogP contribution in [0.2, 0.25) is 0 Å². The van der Waals surface area contributed by atoms with Crippen LogP contribution in [0.25, 0.3) is 0 Å². The Labute approximate surface area is 756 Å². The van der Waals surface area contributed by atoms with Gasteiger partial charge in [0.25, 0.3) is 0 Å². The minimum Gasteiger partial charge on any atom is -0.0654 e. The smallest absolute Gasteiger partial charge is 0.0220 e. The van der Waals surface area contributed by atoms with E-state index in [1.807, 2.05) is 0 Å². The van der Waals surface area contributed by atoms with E-state index in [-0.39, 0.29) is 0 Å². The van der Waals surface area contributed by atoms with Crippen molar-refractivity contribution in [2.45, 2.75) is 508 Å². The number of rotatable bonds is 7. The monoisotopic (exact) mass is 1670 g/mol. The normalized spacial score (nSPS) is 52.4. The maximum absolute atomic E-state index is 2.63. The van der Waals surface area contributed by atoms with Crippen LogP contribution < -0.4 is 0 Å². The van der Waals surface area contributed by atoms with Crippen molar-refractivity contribution in [2.75, 3.05) is 0 Å². The van der Waals surface area contributed by atoms with Crippen LogP contribution in [-0.2, 0) is 0 Å². The maximum atomic E-state index is 2.63. The molecule has 0 nitrogen and oxygen atoms in total. The summed E-state index contributed by atoms with van der Waals surface area (Å²) in [6.45, 7) is 69.5. The van der Waals surface area contributed by atoms with E-state index < -0.39 is 0 Å². The van der Waals surface area contributed by atoms with E-state index in [0.29, 0.717) is 59.6 Å². The zero-order valence-corrected chi connectivity index (χ0v) is 87.0. The molecule has 0 N–H and O–H groups in total. The summed E-state index contributed by atoms with van der Waals surface area (Å²) in [6.07, 6.45) is 75.5. The van der Waals surface area contributed by atoms with E-state index in [4.69, 9.17) is 0 Å². The highest BCUT2D eigenvalue weighted by Gasteiger charge is 2.66. The van der Waals surface area contributed by atoms with Gasteiger partial charge < -0.3 is 0 Å². The third-order valence-corrected chi connectivity index (χ3v) is 51.9. The lowest BCUT2D eigenvalue weighted by Crippen LogP contribution is -2.56. The van der Waals surface area contributed by atoms with Gasteiger partial charge in [0, 0.05) is 0 Å². The average molecular weight is 1670 g/mol. The summed E-state index contributed by atoms with van der Waals surface area (Å²) in [6, 6.07) is 0. The van der Waals surface area contributed by atoms with Gasteiger partial charge in [0.1, 0.15) is 0 Å². The molecule has 0 radical (unpaired) electrons. The summed E-state index contributed by atoms with van der Waals surface area (Å²) in [7, 11) is 0. The molecule has 30 rings (SSSR count). The lowest BCUT2D eigenvalue weighted by Gasteiger charge is -2.65. The topological polar surface area (TPSA) is 0 Å². The van der Waals surface area contributed by atoms with Gasteiger partial charge in [-0.25, -0.2) is 0 Å². The van der Waals surface area contributed by atoms with Crippen molar-refractivity contribution >= 4 is 0 Å². The van der Waals surface area contributed by atoms with Crippen LogP contribution in [-0.4, -0.2) is 0 Å². The summed E-state index contributed by atoms with van der Waals surface area (Å²) >= 11 is 0. The number of unbranched alkanes of at least 4 members (excludes halogenated alkanes) is 1. The summed E-state index contributed by atoms with van der Waals surface area (Å²) in [5.41, 5.74) is 9.33. The zero-order chi connectivity index (χ0) is 87.0. The highest BCUT2D eigenvalue weighted by Crippen LogP contribution is 2.75. The molecule has 30 saturated carbocycles. The van der Waals surface area contributed by atoms with Crippen molar-refractivity contribution in [3.8, 4) is 0 Å². The molecular formula is C121H212. The first-order chi connectivity index (χ1) is 56.5. The Morgan fingerprint density at radius 1 is 0.281 bits per heavy atom. The first-order valence-corrected chi connectivity index (χ1v) is 56.5. The Balaban J connectivity index is 0.000000100. The molecule has 30 fully saturated rings. The van der Waals surface area contributed by atoms with Gasteiger partial charge in [-0.15, -0.1) is 0 Å². The van der Waals surface area contributed by atoms with E-state index in [0.717, 1.165) is 194 Å². The van der Waals surface area contributed by atoms with Gasteiger partial charge >= 0.3 is 0 Å². The molecule has 0 spiro atoms. The Bertz CT molecular complexity index is 3270. The molecule has 0 aromatic heterocycles. The molecule has 0 aliphatic heterocycles. The molecular weight excluding hydrogens is 1450 g/mol. The minimum atomic E-state index is 0.510. The van der Waals surface area contributed by atoms with Gasteiger partial charge in [-0.3, -0.25) is 0 Å². The van der Waals surface area contributed by atoms with E-state index in [1.165, 1.54) is 128 Å². The van der Waals surface area contributed by atoms with Crippen molar-refractivity contribution in [1.82, 2.24) is 0 Å². The summed E-state index contributed by atoms with van der Waals surface area (Å²) in [5, 5.41) is 0. The second-order valence-electron chi connectivity index (χ2n) is 59.9. The first-order valence-electron chi connectivity index (χ1n) is 56.5. The lowest BCUT2D eigenvalue weighted by molar-refractivity contribution is -0.153. The van der Waals surface area contributed by atoms with Crippen molar-refractivity contribution in [3.05, 3.63) is 0 Å². The molecule has 30 aliphatic rings. The maximum Gasteiger partial charge on any atom is -0.0220 e. The SMILES string of the molecule is CC(C)(C)C1(C)C2CC3CC(C2)CC1C3.CC(C)C1(C)C2CC3CC(C2)CC1C3.CC(C)C1(C)CC2CCC1C2.CC1(C)C2CC3CC(C2)CC1C3.CC1(C)CC2CCC1(C)C2.CC1(C)CC2CCC1C2.CC12CCC(C1)C(C)(C)C2(C)C.CCC1(C)C2CC3CC(C2)CC1C3.CCC1(C)CC2CCC1C2.CCCCC1(C)C2CC3CC(C2)CC1C3. The molecule has 0 amide bonds.